The highest BCUT2D eigenvalue weighted by molar-refractivity contribution is 5.93. The van der Waals surface area contributed by atoms with Gasteiger partial charge in [0.05, 0.1) is 11.3 Å². The van der Waals surface area contributed by atoms with Crippen molar-refractivity contribution in [3.63, 3.8) is 0 Å². The number of carbonyl (C=O) groups excluding carboxylic acids is 1. The van der Waals surface area contributed by atoms with Crippen molar-refractivity contribution < 1.29 is 13.6 Å². The number of nitrogens with two attached hydrogens (primary N) is 1. The first-order valence-corrected chi connectivity index (χ1v) is 11.7. The fourth-order valence-corrected chi connectivity index (χ4v) is 4.31. The average molecular weight is 478 g/mol. The number of hydrogen-bond acceptors (Lipinski definition) is 4. The van der Waals surface area contributed by atoms with Crippen LogP contribution in [0.1, 0.15) is 61.6 Å². The number of hydrogen-bond donors (Lipinski definition) is 1. The SMILES string of the molecule is CC(C)(C)c1ccc(-n2nc(C(=O)N3CCCC[C@@H](N)C3)cc2-c2ccc(C#N)c(F)c2)c(F)c1. The number of rotatable bonds is 3. The maximum atomic E-state index is 15.3. The van der Waals surface area contributed by atoms with Crippen LogP contribution in [0.25, 0.3) is 16.9 Å². The fourth-order valence-electron chi connectivity index (χ4n) is 4.31. The lowest BCUT2D eigenvalue weighted by Crippen LogP contribution is -2.39. The highest BCUT2D eigenvalue weighted by Gasteiger charge is 2.26. The Kier molecular flexibility index (Phi) is 6.73. The van der Waals surface area contributed by atoms with E-state index < -0.39 is 11.6 Å². The van der Waals surface area contributed by atoms with Crippen LogP contribution in [0.5, 0.6) is 0 Å². The van der Waals surface area contributed by atoms with Gasteiger partial charge in [0.25, 0.3) is 5.91 Å². The van der Waals surface area contributed by atoms with Crippen LogP contribution in [0.2, 0.25) is 0 Å². The smallest absolute Gasteiger partial charge is 0.274 e. The van der Waals surface area contributed by atoms with E-state index in [2.05, 4.69) is 5.10 Å². The van der Waals surface area contributed by atoms with E-state index in [0.717, 1.165) is 24.8 Å². The van der Waals surface area contributed by atoms with Crippen molar-refractivity contribution in [1.82, 2.24) is 14.7 Å². The van der Waals surface area contributed by atoms with Crippen LogP contribution in [0, 0.1) is 23.0 Å². The molecule has 2 heterocycles. The van der Waals surface area contributed by atoms with E-state index in [1.54, 1.807) is 23.1 Å². The van der Waals surface area contributed by atoms with Crippen molar-refractivity contribution >= 4 is 5.91 Å². The van der Waals surface area contributed by atoms with Crippen molar-refractivity contribution in [2.24, 2.45) is 5.73 Å². The van der Waals surface area contributed by atoms with Gasteiger partial charge >= 0.3 is 0 Å². The maximum absolute atomic E-state index is 15.3. The Labute approximate surface area is 204 Å². The number of aromatic nitrogens is 2. The molecular formula is C27H29F2N5O. The highest BCUT2D eigenvalue weighted by Crippen LogP contribution is 2.30. The summed E-state index contributed by atoms with van der Waals surface area (Å²) >= 11 is 0. The zero-order valence-corrected chi connectivity index (χ0v) is 20.2. The van der Waals surface area contributed by atoms with Gasteiger partial charge in [0.15, 0.2) is 5.69 Å². The molecule has 1 saturated heterocycles. The Hall–Kier alpha value is -3.57. The fraction of sp³-hybridized carbons (Fsp3) is 0.370. The quantitative estimate of drug-likeness (QED) is 0.579. The van der Waals surface area contributed by atoms with Crippen LogP contribution in [-0.2, 0) is 5.41 Å². The zero-order valence-electron chi connectivity index (χ0n) is 20.2. The molecule has 1 aromatic heterocycles. The first-order chi connectivity index (χ1) is 16.6. The van der Waals surface area contributed by atoms with Crippen molar-refractivity contribution in [2.45, 2.75) is 51.5 Å². The summed E-state index contributed by atoms with van der Waals surface area (Å²) in [5, 5.41) is 13.6. The number of nitrogens with zero attached hydrogens (tertiary/aromatic N) is 4. The van der Waals surface area contributed by atoms with Crippen LogP contribution < -0.4 is 5.73 Å². The van der Waals surface area contributed by atoms with Gasteiger partial charge in [-0.15, -0.1) is 0 Å². The van der Waals surface area contributed by atoms with Crippen LogP contribution in [0.3, 0.4) is 0 Å². The molecule has 0 saturated carbocycles. The molecule has 1 aliphatic heterocycles. The third-order valence-electron chi connectivity index (χ3n) is 6.35. The van der Waals surface area contributed by atoms with Gasteiger partial charge in [-0.3, -0.25) is 4.79 Å². The number of benzene rings is 2. The molecule has 3 aromatic rings. The molecule has 4 rings (SSSR count). The second kappa shape index (κ2) is 9.59. The summed E-state index contributed by atoms with van der Waals surface area (Å²) in [6, 6.07) is 12.2. The lowest BCUT2D eigenvalue weighted by atomic mass is 9.87. The van der Waals surface area contributed by atoms with Crippen LogP contribution in [-0.4, -0.2) is 39.7 Å². The molecule has 2 aromatic carbocycles. The largest absolute Gasteiger partial charge is 0.336 e. The van der Waals surface area contributed by atoms with E-state index >= 15 is 4.39 Å². The number of likely N-dealkylation sites (tertiary alicyclic amines) is 1. The van der Waals surface area contributed by atoms with Crippen LogP contribution in [0.4, 0.5) is 8.78 Å². The standard InChI is InChI=1S/C27H29F2N5O/c1-27(2,3)19-9-10-24(22(29)13-19)34-25(17-7-8-18(15-30)21(28)12-17)14-23(32-34)26(35)33-11-5-4-6-20(31)16-33/h7-10,12-14,20H,4-6,11,16,31H2,1-3H3/t20-/m1/s1. The van der Waals surface area contributed by atoms with E-state index in [-0.39, 0.29) is 34.3 Å². The normalized spacial score (nSPS) is 16.6. The van der Waals surface area contributed by atoms with Gasteiger partial charge in [-0.1, -0.05) is 39.3 Å². The predicted octanol–water partition coefficient (Wildman–Crippen LogP) is 4.94. The summed E-state index contributed by atoms with van der Waals surface area (Å²) in [4.78, 5) is 15.0. The van der Waals surface area contributed by atoms with Crippen molar-refractivity contribution in [1.29, 1.82) is 5.26 Å². The Morgan fingerprint density at radius 2 is 1.89 bits per heavy atom. The number of amides is 1. The highest BCUT2D eigenvalue weighted by atomic mass is 19.1. The molecule has 1 aliphatic rings. The summed E-state index contributed by atoms with van der Waals surface area (Å²) < 4.78 is 31.1. The van der Waals surface area contributed by atoms with Gasteiger partial charge in [0, 0.05) is 24.7 Å². The first-order valence-electron chi connectivity index (χ1n) is 11.7. The minimum atomic E-state index is -0.701. The van der Waals surface area contributed by atoms with Gasteiger partial charge in [0.1, 0.15) is 23.4 Å². The maximum Gasteiger partial charge on any atom is 0.274 e. The molecule has 1 amide bonds. The number of nitriles is 1. The van der Waals surface area contributed by atoms with Crippen molar-refractivity contribution in [3.05, 3.63) is 70.9 Å². The summed E-state index contributed by atoms with van der Waals surface area (Å²) in [6.07, 6.45) is 2.64. The van der Waals surface area contributed by atoms with Crippen LogP contribution in [0.15, 0.2) is 42.5 Å². The van der Waals surface area contributed by atoms with Gasteiger partial charge in [-0.2, -0.15) is 10.4 Å². The molecular weight excluding hydrogens is 448 g/mol. The molecule has 6 nitrogen and oxygen atoms in total. The van der Waals surface area contributed by atoms with E-state index in [9.17, 15) is 9.18 Å². The topological polar surface area (TPSA) is 87.9 Å². The second-order valence-corrected chi connectivity index (χ2v) is 10.1. The average Bonchev–Trinajstić information content (AvgIpc) is 3.13. The molecule has 35 heavy (non-hydrogen) atoms. The first kappa shape index (κ1) is 24.6. The van der Waals surface area contributed by atoms with Gasteiger partial charge in [0.2, 0.25) is 0 Å². The lowest BCUT2D eigenvalue weighted by molar-refractivity contribution is 0.0748. The molecule has 0 spiro atoms. The third kappa shape index (κ3) is 5.10. The lowest BCUT2D eigenvalue weighted by Gasteiger charge is -2.21. The second-order valence-electron chi connectivity index (χ2n) is 10.1. The summed E-state index contributed by atoms with van der Waals surface area (Å²) in [5.74, 6) is -1.51. The van der Waals surface area contributed by atoms with E-state index in [0.29, 0.717) is 24.3 Å². The summed E-state index contributed by atoms with van der Waals surface area (Å²) in [5.41, 5.74) is 7.58. The van der Waals surface area contributed by atoms with Gasteiger partial charge in [-0.25, -0.2) is 13.5 Å². The molecule has 2 N–H and O–H groups in total. The zero-order chi connectivity index (χ0) is 25.3. The molecule has 8 heteroatoms. The van der Waals surface area contributed by atoms with Gasteiger partial charge in [-0.05, 0) is 54.2 Å². The van der Waals surface area contributed by atoms with E-state index in [1.165, 1.54) is 28.9 Å². The Balaban J connectivity index is 1.83. The van der Waals surface area contributed by atoms with E-state index in [1.807, 2.05) is 26.8 Å². The minimum absolute atomic E-state index is 0.101. The monoisotopic (exact) mass is 477 g/mol. The Morgan fingerprint density at radius 3 is 2.54 bits per heavy atom. The summed E-state index contributed by atoms with van der Waals surface area (Å²) in [6.45, 7) is 6.95. The van der Waals surface area contributed by atoms with Crippen LogP contribution >= 0.6 is 0 Å². The minimum Gasteiger partial charge on any atom is -0.336 e. The molecule has 0 radical (unpaired) electrons. The van der Waals surface area contributed by atoms with Crippen molar-refractivity contribution in [3.8, 4) is 23.0 Å². The molecule has 1 fully saturated rings. The predicted molar refractivity (Wildman–Crippen MR) is 130 cm³/mol. The Bertz CT molecular complexity index is 1300. The Morgan fingerprint density at radius 1 is 1.11 bits per heavy atom. The number of carbonyl (C=O) groups is 1. The van der Waals surface area contributed by atoms with Crippen molar-refractivity contribution in [2.75, 3.05) is 13.1 Å². The molecule has 182 valence electrons. The van der Waals surface area contributed by atoms with E-state index in [4.69, 9.17) is 11.0 Å². The molecule has 0 unspecified atom stereocenters. The molecule has 1 atom stereocenters. The van der Waals surface area contributed by atoms with Gasteiger partial charge < -0.3 is 10.6 Å². The molecule has 0 bridgehead atoms. The number of halogens is 2. The summed E-state index contributed by atoms with van der Waals surface area (Å²) in [7, 11) is 0. The molecule has 0 aliphatic carbocycles. The third-order valence-corrected chi connectivity index (χ3v) is 6.35.